The molecule has 0 saturated carbocycles. The molecule has 3 rings (SSSR count). The molecule has 0 aliphatic carbocycles. The highest BCUT2D eigenvalue weighted by Crippen LogP contribution is 2.30. The number of ether oxygens (including phenoxy) is 1. The van der Waals surface area contributed by atoms with Crippen LogP contribution in [-0.4, -0.2) is 61.7 Å². The van der Waals surface area contributed by atoms with E-state index in [1.807, 2.05) is 0 Å². The summed E-state index contributed by atoms with van der Waals surface area (Å²) in [7, 11) is -3.66. The number of anilines is 1. The normalized spacial score (nSPS) is 18.0. The average molecular weight is 525 g/mol. The number of benzene rings is 2. The Bertz CT molecular complexity index is 1230. The molecule has 1 atom stereocenters. The zero-order valence-electron chi connectivity index (χ0n) is 19.8. The SMILES string of the molecule is CCN(CC)S(=O)(=O)c1ccc(NC(=O)CN2C(=O)N[C@@](C)(c3ccc(OC(F)F)cc3)C2=O)cc1. The van der Waals surface area contributed by atoms with Gasteiger partial charge in [-0.1, -0.05) is 26.0 Å². The van der Waals surface area contributed by atoms with Crippen molar-refractivity contribution in [2.45, 2.75) is 37.8 Å². The van der Waals surface area contributed by atoms with Gasteiger partial charge >= 0.3 is 12.6 Å². The maximum absolute atomic E-state index is 13.0. The molecule has 1 aliphatic heterocycles. The lowest BCUT2D eigenvalue weighted by Gasteiger charge is -2.22. The van der Waals surface area contributed by atoms with Crippen molar-refractivity contribution in [2.24, 2.45) is 0 Å². The van der Waals surface area contributed by atoms with Gasteiger partial charge in [0.1, 0.15) is 17.8 Å². The summed E-state index contributed by atoms with van der Waals surface area (Å²) >= 11 is 0. The number of amides is 4. The highest BCUT2D eigenvalue weighted by atomic mass is 32.2. The number of nitrogens with one attached hydrogen (secondary N) is 2. The lowest BCUT2D eigenvalue weighted by Crippen LogP contribution is -2.42. The molecule has 1 saturated heterocycles. The molecule has 36 heavy (non-hydrogen) atoms. The first-order chi connectivity index (χ1) is 16.9. The molecule has 10 nitrogen and oxygen atoms in total. The molecule has 4 amide bonds. The number of sulfonamides is 1. The predicted octanol–water partition coefficient (Wildman–Crippen LogP) is 2.72. The van der Waals surface area contributed by atoms with E-state index >= 15 is 0 Å². The molecule has 1 heterocycles. The van der Waals surface area contributed by atoms with Crippen LogP contribution in [0.25, 0.3) is 0 Å². The number of rotatable bonds is 10. The quantitative estimate of drug-likeness (QED) is 0.461. The molecule has 0 bridgehead atoms. The minimum Gasteiger partial charge on any atom is -0.435 e. The number of alkyl halides is 2. The lowest BCUT2D eigenvalue weighted by molar-refractivity contribution is -0.133. The van der Waals surface area contributed by atoms with Crippen LogP contribution < -0.4 is 15.4 Å². The van der Waals surface area contributed by atoms with E-state index in [4.69, 9.17) is 0 Å². The molecule has 1 aliphatic rings. The van der Waals surface area contributed by atoms with Gasteiger partial charge in [-0.15, -0.1) is 0 Å². The lowest BCUT2D eigenvalue weighted by atomic mass is 9.92. The summed E-state index contributed by atoms with van der Waals surface area (Å²) in [6, 6.07) is 9.95. The van der Waals surface area contributed by atoms with Crippen LogP contribution in [0.15, 0.2) is 53.4 Å². The second-order valence-electron chi connectivity index (χ2n) is 8.01. The third kappa shape index (κ3) is 5.46. The fourth-order valence-electron chi connectivity index (χ4n) is 3.77. The molecule has 0 aromatic heterocycles. The largest absolute Gasteiger partial charge is 0.435 e. The molecule has 1 fully saturated rings. The van der Waals surface area contributed by atoms with Gasteiger partial charge in [-0.25, -0.2) is 13.2 Å². The van der Waals surface area contributed by atoms with Gasteiger partial charge in [0.15, 0.2) is 0 Å². The van der Waals surface area contributed by atoms with Crippen LogP contribution in [0, 0.1) is 0 Å². The summed E-state index contributed by atoms with van der Waals surface area (Å²) in [6.45, 7) is 1.93. The van der Waals surface area contributed by atoms with Crippen LogP contribution in [0.5, 0.6) is 5.75 Å². The Morgan fingerprint density at radius 2 is 1.67 bits per heavy atom. The van der Waals surface area contributed by atoms with Crippen molar-refractivity contribution < 1.29 is 36.3 Å². The average Bonchev–Trinajstić information content (AvgIpc) is 3.04. The number of hydrogen-bond donors (Lipinski definition) is 2. The number of urea groups is 1. The summed E-state index contributed by atoms with van der Waals surface area (Å²) < 4.78 is 55.5. The summed E-state index contributed by atoms with van der Waals surface area (Å²) in [6.07, 6.45) is 0. The van der Waals surface area contributed by atoms with Crippen molar-refractivity contribution in [1.29, 1.82) is 0 Å². The molecule has 0 spiro atoms. The Morgan fingerprint density at radius 1 is 1.08 bits per heavy atom. The minimum atomic E-state index is -3.66. The van der Waals surface area contributed by atoms with E-state index in [9.17, 15) is 31.6 Å². The standard InChI is InChI=1S/C23H26F2N4O6S/c1-4-28(5-2)36(33,34)18-12-8-16(9-13-18)26-19(30)14-29-20(31)23(3,27-22(29)32)15-6-10-17(11-7-15)35-21(24)25/h6-13,21H,4-5,14H2,1-3H3,(H,26,30)(H,27,32)/t23-/m0/s1. The van der Waals surface area contributed by atoms with E-state index in [1.165, 1.54) is 59.8 Å². The van der Waals surface area contributed by atoms with Gasteiger partial charge in [-0.05, 0) is 48.9 Å². The third-order valence-electron chi connectivity index (χ3n) is 5.71. The smallest absolute Gasteiger partial charge is 0.387 e. The third-order valence-corrected chi connectivity index (χ3v) is 7.78. The molecular formula is C23H26F2N4O6S. The van der Waals surface area contributed by atoms with Crippen molar-refractivity contribution in [3.63, 3.8) is 0 Å². The van der Waals surface area contributed by atoms with Crippen molar-refractivity contribution in [1.82, 2.24) is 14.5 Å². The first-order valence-electron chi connectivity index (χ1n) is 11.0. The van der Waals surface area contributed by atoms with Gasteiger partial charge in [0, 0.05) is 18.8 Å². The minimum absolute atomic E-state index is 0.0685. The van der Waals surface area contributed by atoms with Gasteiger partial charge in [-0.3, -0.25) is 14.5 Å². The number of carbonyl (C=O) groups is 3. The number of hydrogen-bond acceptors (Lipinski definition) is 6. The first kappa shape index (κ1) is 27.0. The van der Waals surface area contributed by atoms with Crippen LogP contribution in [0.2, 0.25) is 0 Å². The monoisotopic (exact) mass is 524 g/mol. The van der Waals surface area contributed by atoms with Gasteiger partial charge in [-0.2, -0.15) is 13.1 Å². The zero-order chi connectivity index (χ0) is 26.7. The van der Waals surface area contributed by atoms with Crippen molar-refractivity contribution in [2.75, 3.05) is 25.0 Å². The maximum Gasteiger partial charge on any atom is 0.387 e. The second kappa shape index (κ2) is 10.6. The fourth-order valence-corrected chi connectivity index (χ4v) is 5.23. The molecule has 2 N–H and O–H groups in total. The van der Waals surface area contributed by atoms with Crippen LogP contribution in [0.3, 0.4) is 0 Å². The van der Waals surface area contributed by atoms with Crippen LogP contribution >= 0.6 is 0 Å². The predicted molar refractivity (Wildman–Crippen MR) is 126 cm³/mol. The van der Waals surface area contributed by atoms with Crippen molar-refractivity contribution in [3.8, 4) is 5.75 Å². The molecular weight excluding hydrogens is 498 g/mol. The summed E-state index contributed by atoms with van der Waals surface area (Å²) in [4.78, 5) is 38.8. The fraction of sp³-hybridized carbons (Fsp3) is 0.348. The Morgan fingerprint density at radius 3 is 2.19 bits per heavy atom. The number of imide groups is 1. The Balaban J connectivity index is 1.68. The molecule has 0 radical (unpaired) electrons. The van der Waals surface area contributed by atoms with Crippen LogP contribution in [-0.2, 0) is 25.2 Å². The topological polar surface area (TPSA) is 125 Å². The van der Waals surface area contributed by atoms with Gasteiger partial charge in [0.25, 0.3) is 5.91 Å². The van der Waals surface area contributed by atoms with Crippen LogP contribution in [0.1, 0.15) is 26.3 Å². The summed E-state index contributed by atoms with van der Waals surface area (Å²) in [5, 5.41) is 5.05. The maximum atomic E-state index is 13.0. The van der Waals surface area contributed by atoms with Crippen molar-refractivity contribution >= 4 is 33.6 Å². The van der Waals surface area contributed by atoms with E-state index in [0.717, 1.165) is 4.90 Å². The van der Waals surface area contributed by atoms with Crippen molar-refractivity contribution in [3.05, 3.63) is 54.1 Å². The van der Waals surface area contributed by atoms with E-state index in [-0.39, 0.29) is 16.3 Å². The molecule has 194 valence electrons. The Labute approximate surface area is 207 Å². The molecule has 2 aromatic rings. The molecule has 13 heteroatoms. The highest BCUT2D eigenvalue weighted by Gasteiger charge is 2.49. The van der Waals surface area contributed by atoms with E-state index in [0.29, 0.717) is 18.7 Å². The van der Waals surface area contributed by atoms with E-state index < -0.39 is 46.6 Å². The number of nitrogens with zero attached hydrogens (tertiary/aromatic N) is 2. The van der Waals surface area contributed by atoms with Gasteiger partial charge in [0.2, 0.25) is 15.9 Å². The van der Waals surface area contributed by atoms with Gasteiger partial charge < -0.3 is 15.4 Å². The number of halogens is 2. The molecule has 2 aromatic carbocycles. The highest BCUT2D eigenvalue weighted by molar-refractivity contribution is 7.89. The summed E-state index contributed by atoms with van der Waals surface area (Å²) in [5.74, 6) is -1.49. The first-order valence-corrected chi connectivity index (χ1v) is 12.5. The van der Waals surface area contributed by atoms with E-state index in [2.05, 4.69) is 15.4 Å². The Kier molecular flexibility index (Phi) is 7.94. The summed E-state index contributed by atoms with van der Waals surface area (Å²) in [5.41, 5.74) is -0.917. The zero-order valence-corrected chi connectivity index (χ0v) is 20.6. The van der Waals surface area contributed by atoms with Gasteiger partial charge in [0.05, 0.1) is 4.90 Å². The Hall–Kier alpha value is -3.58. The second-order valence-corrected chi connectivity index (χ2v) is 9.95. The van der Waals surface area contributed by atoms with E-state index in [1.54, 1.807) is 13.8 Å². The molecule has 0 unspecified atom stereocenters. The van der Waals surface area contributed by atoms with Crippen LogP contribution in [0.4, 0.5) is 19.3 Å². The number of carbonyl (C=O) groups excluding carboxylic acids is 3.